The van der Waals surface area contributed by atoms with Crippen LogP contribution in [0.25, 0.3) is 10.9 Å². The first kappa shape index (κ1) is 18.3. The van der Waals surface area contributed by atoms with E-state index in [9.17, 15) is 18.0 Å². The fraction of sp³-hybridized carbons (Fsp3) is 0.353. The van der Waals surface area contributed by atoms with E-state index in [0.29, 0.717) is 5.52 Å². The molecule has 9 heteroatoms. The van der Waals surface area contributed by atoms with Crippen molar-refractivity contribution < 1.29 is 23.1 Å². The normalized spacial score (nSPS) is 18.8. The van der Waals surface area contributed by atoms with E-state index in [2.05, 4.69) is 4.98 Å². The van der Waals surface area contributed by atoms with Crippen molar-refractivity contribution >= 4 is 32.8 Å². The van der Waals surface area contributed by atoms with E-state index in [1.807, 2.05) is 0 Å². The molecular weight excluding hydrogens is 358 g/mol. The molecule has 0 aliphatic carbocycles. The zero-order valence-corrected chi connectivity index (χ0v) is 15.0. The number of sulfonamides is 1. The van der Waals surface area contributed by atoms with Gasteiger partial charge in [0.1, 0.15) is 11.3 Å². The molecule has 1 unspecified atom stereocenters. The number of carboxylic acids is 1. The van der Waals surface area contributed by atoms with E-state index >= 15 is 0 Å². The second kappa shape index (κ2) is 7.00. The second-order valence-corrected chi connectivity index (χ2v) is 8.11. The second-order valence-electron chi connectivity index (χ2n) is 6.20. The quantitative estimate of drug-likeness (QED) is 0.794. The Morgan fingerprint density at radius 1 is 1.23 bits per heavy atom. The van der Waals surface area contributed by atoms with Crippen molar-refractivity contribution in [3.63, 3.8) is 0 Å². The van der Waals surface area contributed by atoms with E-state index in [4.69, 9.17) is 5.11 Å². The number of benzene rings is 1. The van der Waals surface area contributed by atoms with Crippen LogP contribution in [0, 0.1) is 0 Å². The molecular formula is C17H19N3O5S. The van der Waals surface area contributed by atoms with Crippen molar-refractivity contribution in [3.8, 4) is 0 Å². The number of carbonyl (C=O) groups excluding carboxylic acids is 1. The first-order valence-corrected chi connectivity index (χ1v) is 9.60. The van der Waals surface area contributed by atoms with Crippen LogP contribution in [0.4, 0.5) is 0 Å². The summed E-state index contributed by atoms with van der Waals surface area (Å²) in [5.74, 6) is -1.70. The molecule has 138 valence electrons. The van der Waals surface area contributed by atoms with Crippen LogP contribution in [-0.2, 0) is 19.6 Å². The van der Waals surface area contributed by atoms with Gasteiger partial charge in [-0.1, -0.05) is 18.2 Å². The number of carboxylic acid groups (broad SMARTS) is 1. The number of piperazine rings is 1. The van der Waals surface area contributed by atoms with Gasteiger partial charge < -0.3 is 10.0 Å². The van der Waals surface area contributed by atoms with E-state index in [0.717, 1.165) is 5.39 Å². The van der Waals surface area contributed by atoms with Gasteiger partial charge in [-0.3, -0.25) is 14.6 Å². The zero-order chi connectivity index (χ0) is 18.9. The molecule has 2 aromatic rings. The Morgan fingerprint density at radius 2 is 1.96 bits per heavy atom. The highest BCUT2D eigenvalue weighted by Gasteiger charge is 2.35. The van der Waals surface area contributed by atoms with Crippen molar-refractivity contribution in [3.05, 3.63) is 36.5 Å². The highest BCUT2D eigenvalue weighted by atomic mass is 32.2. The van der Waals surface area contributed by atoms with Crippen LogP contribution in [0.2, 0.25) is 0 Å². The van der Waals surface area contributed by atoms with Gasteiger partial charge in [0.25, 0.3) is 0 Å². The Morgan fingerprint density at radius 3 is 2.65 bits per heavy atom. The number of rotatable bonds is 4. The minimum absolute atomic E-state index is 0.108. The van der Waals surface area contributed by atoms with Gasteiger partial charge in [0, 0.05) is 37.3 Å². The molecule has 1 amide bonds. The van der Waals surface area contributed by atoms with Crippen LogP contribution in [0.5, 0.6) is 0 Å². The molecule has 1 aliphatic heterocycles. The van der Waals surface area contributed by atoms with Crippen LogP contribution in [0.15, 0.2) is 41.4 Å². The average molecular weight is 377 g/mol. The van der Waals surface area contributed by atoms with Crippen LogP contribution >= 0.6 is 0 Å². The molecule has 1 N–H and O–H groups in total. The van der Waals surface area contributed by atoms with Gasteiger partial charge in [0.15, 0.2) is 0 Å². The maximum atomic E-state index is 13.1. The maximum Gasteiger partial charge on any atom is 0.312 e. The summed E-state index contributed by atoms with van der Waals surface area (Å²) < 4.78 is 27.5. The molecule has 1 aromatic heterocycles. The molecule has 2 heterocycles. The lowest BCUT2D eigenvalue weighted by Crippen LogP contribution is -2.55. The van der Waals surface area contributed by atoms with Crippen LogP contribution in [0.3, 0.4) is 0 Å². The fourth-order valence-electron chi connectivity index (χ4n) is 3.17. The third kappa shape index (κ3) is 3.40. The number of nitrogens with zero attached hydrogens (tertiary/aromatic N) is 3. The van der Waals surface area contributed by atoms with E-state index < -0.39 is 34.4 Å². The minimum atomic E-state index is -3.78. The van der Waals surface area contributed by atoms with Crippen LogP contribution in [-0.4, -0.2) is 65.3 Å². The van der Waals surface area contributed by atoms with Crippen LogP contribution in [0.1, 0.15) is 13.3 Å². The van der Waals surface area contributed by atoms with Crippen LogP contribution < -0.4 is 0 Å². The van der Waals surface area contributed by atoms with Crippen molar-refractivity contribution in [2.24, 2.45) is 0 Å². The molecule has 0 radical (unpaired) electrons. The Balaban J connectivity index is 1.85. The Labute approximate surface area is 151 Å². The summed E-state index contributed by atoms with van der Waals surface area (Å²) in [6, 6.07) is 8.13. The van der Waals surface area contributed by atoms with Crippen molar-refractivity contribution in [2.75, 3.05) is 19.6 Å². The molecule has 0 bridgehead atoms. The lowest BCUT2D eigenvalue weighted by atomic mass is 10.2. The summed E-state index contributed by atoms with van der Waals surface area (Å²) >= 11 is 0. The molecule has 0 spiro atoms. The summed E-state index contributed by atoms with van der Waals surface area (Å²) in [5, 5.41) is 9.50. The third-order valence-electron chi connectivity index (χ3n) is 4.43. The van der Waals surface area contributed by atoms with Crippen molar-refractivity contribution in [2.45, 2.75) is 24.3 Å². The van der Waals surface area contributed by atoms with Gasteiger partial charge in [-0.2, -0.15) is 4.31 Å². The summed E-state index contributed by atoms with van der Waals surface area (Å²) in [4.78, 5) is 28.5. The third-order valence-corrected chi connectivity index (χ3v) is 6.32. The Kier molecular flexibility index (Phi) is 4.92. The zero-order valence-electron chi connectivity index (χ0n) is 14.2. The SMILES string of the molecule is CC1CN(S(=O)(=O)c2cccc3cccnc23)CCN1C(=O)CC(=O)O. The van der Waals surface area contributed by atoms with Gasteiger partial charge in [0.2, 0.25) is 15.9 Å². The molecule has 1 fully saturated rings. The monoisotopic (exact) mass is 377 g/mol. The maximum absolute atomic E-state index is 13.1. The Hall–Kier alpha value is -2.52. The molecule has 26 heavy (non-hydrogen) atoms. The molecule has 3 rings (SSSR count). The highest BCUT2D eigenvalue weighted by molar-refractivity contribution is 7.89. The molecule has 8 nitrogen and oxygen atoms in total. The minimum Gasteiger partial charge on any atom is -0.481 e. The number of pyridine rings is 1. The van der Waals surface area contributed by atoms with E-state index in [1.54, 1.807) is 37.4 Å². The molecule has 1 aliphatic rings. The van der Waals surface area contributed by atoms with Gasteiger partial charge in [-0.05, 0) is 19.1 Å². The number of hydrogen-bond donors (Lipinski definition) is 1. The highest BCUT2D eigenvalue weighted by Crippen LogP contribution is 2.26. The lowest BCUT2D eigenvalue weighted by Gasteiger charge is -2.39. The smallest absolute Gasteiger partial charge is 0.312 e. The first-order valence-electron chi connectivity index (χ1n) is 8.16. The number of aliphatic carboxylic acids is 1. The fourth-order valence-corrected chi connectivity index (χ4v) is 4.84. The van der Waals surface area contributed by atoms with Gasteiger partial charge in [0.05, 0.1) is 5.52 Å². The topological polar surface area (TPSA) is 108 Å². The number of hydrogen-bond acceptors (Lipinski definition) is 5. The predicted molar refractivity (Wildman–Crippen MR) is 93.9 cm³/mol. The molecule has 1 atom stereocenters. The molecule has 1 saturated heterocycles. The molecule has 0 saturated carbocycles. The average Bonchev–Trinajstić information content (AvgIpc) is 2.60. The first-order chi connectivity index (χ1) is 12.3. The number of amides is 1. The van der Waals surface area contributed by atoms with Gasteiger partial charge >= 0.3 is 5.97 Å². The number of aromatic nitrogens is 1. The molecule has 1 aromatic carbocycles. The van der Waals surface area contributed by atoms with Crippen molar-refractivity contribution in [1.82, 2.24) is 14.2 Å². The Bertz CT molecular complexity index is 955. The van der Waals surface area contributed by atoms with Gasteiger partial charge in [-0.25, -0.2) is 8.42 Å². The summed E-state index contributed by atoms with van der Waals surface area (Å²) in [6.07, 6.45) is 0.955. The standard InChI is InChI=1S/C17H19N3O5S/c1-12-11-19(8-9-20(12)15(21)10-16(22)23)26(24,25)14-6-2-4-13-5-3-7-18-17(13)14/h2-7,12H,8-11H2,1H3,(H,22,23). The van der Waals surface area contributed by atoms with Gasteiger partial charge in [-0.15, -0.1) is 0 Å². The van der Waals surface area contributed by atoms with E-state index in [1.165, 1.54) is 15.3 Å². The summed E-state index contributed by atoms with van der Waals surface area (Å²) in [5.41, 5.74) is 0.409. The van der Waals surface area contributed by atoms with Crippen molar-refractivity contribution in [1.29, 1.82) is 0 Å². The number of fused-ring (bicyclic) bond motifs is 1. The lowest BCUT2D eigenvalue weighted by molar-refractivity contribution is -0.145. The van der Waals surface area contributed by atoms with E-state index in [-0.39, 0.29) is 24.5 Å². The summed E-state index contributed by atoms with van der Waals surface area (Å²) in [6.45, 7) is 2.09. The largest absolute Gasteiger partial charge is 0.481 e. The number of para-hydroxylation sites is 1. The summed E-state index contributed by atoms with van der Waals surface area (Å²) in [7, 11) is -3.78. The predicted octanol–water partition coefficient (Wildman–Crippen LogP) is 0.931. The number of carbonyl (C=O) groups is 2.